The summed E-state index contributed by atoms with van der Waals surface area (Å²) in [4.78, 5) is 16.3. The highest BCUT2D eigenvalue weighted by Gasteiger charge is 2.25. The van der Waals surface area contributed by atoms with Crippen molar-refractivity contribution in [3.63, 3.8) is 0 Å². The van der Waals surface area contributed by atoms with Gasteiger partial charge < -0.3 is 10.1 Å². The monoisotopic (exact) mass is 341 g/mol. The number of carbonyl (C=O) groups excluding carboxylic acids is 1. The van der Waals surface area contributed by atoms with E-state index in [1.165, 1.54) is 0 Å². The summed E-state index contributed by atoms with van der Waals surface area (Å²) in [6.07, 6.45) is 2.03. The van der Waals surface area contributed by atoms with E-state index >= 15 is 0 Å². The number of hydrogen-bond acceptors (Lipinski definition) is 3. The summed E-state index contributed by atoms with van der Waals surface area (Å²) >= 11 is 3.38. The van der Waals surface area contributed by atoms with Crippen LogP contribution in [0.2, 0.25) is 0 Å². The third-order valence-electron chi connectivity index (χ3n) is 3.30. The van der Waals surface area contributed by atoms with Crippen molar-refractivity contribution in [3.8, 4) is 0 Å². The normalized spacial score (nSPS) is 26.1. The fourth-order valence-corrected chi connectivity index (χ4v) is 2.70. The van der Waals surface area contributed by atoms with E-state index < -0.39 is 0 Å². The van der Waals surface area contributed by atoms with E-state index in [1.807, 2.05) is 26.8 Å². The van der Waals surface area contributed by atoms with E-state index in [9.17, 15) is 4.79 Å². The topological polar surface area (TPSA) is 63.2 Å². The van der Waals surface area contributed by atoms with E-state index in [2.05, 4.69) is 31.5 Å². The Hall–Kier alpha value is -1.14. The van der Waals surface area contributed by atoms with Crippen LogP contribution in [-0.4, -0.2) is 29.3 Å². The lowest BCUT2D eigenvalue weighted by molar-refractivity contribution is -0.0400. The zero-order valence-electron chi connectivity index (χ0n) is 11.9. The first-order valence-electron chi connectivity index (χ1n) is 6.80. The molecule has 0 saturated carbocycles. The largest absolute Gasteiger partial charge is 0.375 e. The molecule has 2 N–H and O–H groups in total. The molecular formula is C14H20BrN3O2. The van der Waals surface area contributed by atoms with Gasteiger partial charge in [-0.3, -0.25) is 5.32 Å². The average molecular weight is 342 g/mol. The zero-order chi connectivity index (χ0) is 14.7. The molecule has 2 rings (SSSR count). The van der Waals surface area contributed by atoms with Crippen molar-refractivity contribution in [2.75, 3.05) is 5.32 Å². The third-order valence-corrected chi connectivity index (χ3v) is 4.13. The van der Waals surface area contributed by atoms with Gasteiger partial charge in [0.05, 0.1) is 17.9 Å². The zero-order valence-corrected chi connectivity index (χ0v) is 13.5. The van der Waals surface area contributed by atoms with Gasteiger partial charge in [0.15, 0.2) is 0 Å². The van der Waals surface area contributed by atoms with Gasteiger partial charge in [-0.2, -0.15) is 0 Å². The fraction of sp³-hybridized carbons (Fsp3) is 0.571. The molecule has 0 spiro atoms. The van der Waals surface area contributed by atoms with Crippen molar-refractivity contribution < 1.29 is 9.53 Å². The molecule has 1 unspecified atom stereocenters. The third kappa shape index (κ3) is 4.18. The first-order chi connectivity index (χ1) is 9.44. The first kappa shape index (κ1) is 15.3. The minimum absolute atomic E-state index is 0.144. The number of rotatable bonds is 2. The quantitative estimate of drug-likeness (QED) is 0.867. The number of carbonyl (C=O) groups is 1. The molecule has 1 aliphatic heterocycles. The summed E-state index contributed by atoms with van der Waals surface area (Å²) in [5, 5.41) is 5.74. The molecule has 0 bridgehead atoms. The highest BCUT2D eigenvalue weighted by Crippen LogP contribution is 2.19. The summed E-state index contributed by atoms with van der Waals surface area (Å²) < 4.78 is 6.58. The Bertz CT molecular complexity index is 485. The Kier molecular flexibility index (Phi) is 4.99. The molecule has 1 aliphatic rings. The molecule has 3 atom stereocenters. The van der Waals surface area contributed by atoms with E-state index in [-0.39, 0.29) is 24.3 Å². The molecule has 0 aliphatic carbocycles. The number of aryl methyl sites for hydroxylation is 1. The molecule has 2 heterocycles. The Labute approximate surface area is 127 Å². The molecule has 1 saturated heterocycles. The van der Waals surface area contributed by atoms with Gasteiger partial charge in [-0.15, -0.1) is 0 Å². The lowest BCUT2D eigenvalue weighted by Crippen LogP contribution is -2.45. The van der Waals surface area contributed by atoms with E-state index in [0.29, 0.717) is 5.82 Å². The second kappa shape index (κ2) is 6.54. The number of hydrogen-bond donors (Lipinski definition) is 2. The van der Waals surface area contributed by atoms with E-state index in [4.69, 9.17) is 4.74 Å². The molecule has 6 heteroatoms. The molecule has 110 valence electrons. The van der Waals surface area contributed by atoms with Crippen LogP contribution >= 0.6 is 15.9 Å². The Balaban J connectivity index is 1.90. The second-order valence-electron chi connectivity index (χ2n) is 5.29. The summed E-state index contributed by atoms with van der Waals surface area (Å²) in [6, 6.07) is 3.57. The number of nitrogens with zero attached hydrogens (tertiary/aromatic N) is 1. The number of aromatic nitrogens is 1. The van der Waals surface area contributed by atoms with Crippen molar-refractivity contribution in [1.82, 2.24) is 10.3 Å². The molecule has 1 aromatic heterocycles. The van der Waals surface area contributed by atoms with E-state index in [0.717, 1.165) is 23.0 Å². The summed E-state index contributed by atoms with van der Waals surface area (Å²) in [5.41, 5.74) is 0.844. The Morgan fingerprint density at radius 2 is 2.00 bits per heavy atom. The van der Waals surface area contributed by atoms with Crippen LogP contribution < -0.4 is 10.6 Å². The van der Waals surface area contributed by atoms with Gasteiger partial charge in [0.1, 0.15) is 5.82 Å². The fourth-order valence-electron chi connectivity index (χ4n) is 2.47. The molecule has 5 nitrogen and oxygen atoms in total. The van der Waals surface area contributed by atoms with Crippen molar-refractivity contribution in [2.24, 2.45) is 0 Å². The maximum atomic E-state index is 12.0. The van der Waals surface area contributed by atoms with Crippen LogP contribution in [0.25, 0.3) is 0 Å². The summed E-state index contributed by atoms with van der Waals surface area (Å²) in [7, 11) is 0. The Morgan fingerprint density at radius 3 is 2.60 bits per heavy atom. The number of urea groups is 1. The maximum absolute atomic E-state index is 12.0. The number of nitrogens with one attached hydrogen (secondary N) is 2. The lowest BCUT2D eigenvalue weighted by Gasteiger charge is -2.32. The van der Waals surface area contributed by atoms with Crippen LogP contribution in [0.5, 0.6) is 0 Å². The van der Waals surface area contributed by atoms with Crippen molar-refractivity contribution in [1.29, 1.82) is 0 Å². The second-order valence-corrected chi connectivity index (χ2v) is 6.14. The number of ether oxygens (including phenoxy) is 1. The summed E-state index contributed by atoms with van der Waals surface area (Å²) in [5.74, 6) is 0.552. The minimum atomic E-state index is -0.217. The number of pyridine rings is 1. The van der Waals surface area contributed by atoms with Gasteiger partial charge in [0.25, 0.3) is 0 Å². The highest BCUT2D eigenvalue weighted by molar-refractivity contribution is 9.10. The molecule has 2 amide bonds. The number of amides is 2. The predicted octanol–water partition coefficient (Wildman–Crippen LogP) is 3.23. The molecular weight excluding hydrogens is 322 g/mol. The lowest BCUT2D eigenvalue weighted by atomic mass is 10.0. The average Bonchev–Trinajstić information content (AvgIpc) is 2.32. The first-order valence-corrected chi connectivity index (χ1v) is 7.59. The molecule has 0 radical (unpaired) electrons. The molecule has 20 heavy (non-hydrogen) atoms. The summed E-state index contributed by atoms with van der Waals surface area (Å²) in [6.45, 7) is 5.94. The van der Waals surface area contributed by atoms with Crippen molar-refractivity contribution >= 4 is 27.8 Å². The number of anilines is 1. The van der Waals surface area contributed by atoms with Crippen LogP contribution in [0, 0.1) is 6.92 Å². The van der Waals surface area contributed by atoms with Gasteiger partial charge in [-0.05, 0) is 61.7 Å². The van der Waals surface area contributed by atoms with Crippen LogP contribution in [-0.2, 0) is 4.74 Å². The van der Waals surface area contributed by atoms with Crippen LogP contribution in [0.4, 0.5) is 10.6 Å². The van der Waals surface area contributed by atoms with Crippen LogP contribution in [0.1, 0.15) is 32.4 Å². The minimum Gasteiger partial charge on any atom is -0.375 e. The highest BCUT2D eigenvalue weighted by atomic mass is 79.9. The van der Waals surface area contributed by atoms with Crippen molar-refractivity contribution in [3.05, 3.63) is 22.3 Å². The van der Waals surface area contributed by atoms with Gasteiger partial charge in [0.2, 0.25) is 0 Å². The van der Waals surface area contributed by atoms with Gasteiger partial charge >= 0.3 is 6.03 Å². The standard InChI is InChI=1S/C14H20BrN3O2/c1-8-6-11(7-9(2)20-8)17-14(19)18-13-5-4-12(15)10(3)16-13/h4-5,8-9,11H,6-7H2,1-3H3,(H2,16,17,18,19)/t8-,9+,11?. The van der Waals surface area contributed by atoms with Crippen LogP contribution in [0.15, 0.2) is 16.6 Å². The van der Waals surface area contributed by atoms with Gasteiger partial charge in [-0.1, -0.05) is 0 Å². The predicted molar refractivity (Wildman–Crippen MR) is 81.9 cm³/mol. The van der Waals surface area contributed by atoms with Crippen LogP contribution in [0.3, 0.4) is 0 Å². The molecule has 1 aromatic rings. The molecule has 1 fully saturated rings. The molecule has 0 aromatic carbocycles. The number of halogens is 1. The van der Waals surface area contributed by atoms with Gasteiger partial charge in [0, 0.05) is 10.5 Å². The maximum Gasteiger partial charge on any atom is 0.320 e. The van der Waals surface area contributed by atoms with Crippen molar-refractivity contribution in [2.45, 2.75) is 51.9 Å². The van der Waals surface area contributed by atoms with E-state index in [1.54, 1.807) is 6.07 Å². The van der Waals surface area contributed by atoms with Gasteiger partial charge in [-0.25, -0.2) is 9.78 Å². The Morgan fingerprint density at radius 1 is 1.35 bits per heavy atom. The smallest absolute Gasteiger partial charge is 0.320 e. The SMILES string of the molecule is Cc1nc(NC(=O)NC2C[C@@H](C)O[C@@H](C)C2)ccc1Br.